The Bertz CT molecular complexity index is 887. The van der Waals surface area contributed by atoms with Crippen LogP contribution in [0.25, 0.3) is 0 Å². The van der Waals surface area contributed by atoms with Crippen LogP contribution in [-0.4, -0.2) is 19.9 Å². The molecule has 0 amide bonds. The van der Waals surface area contributed by atoms with E-state index in [-0.39, 0.29) is 17.3 Å². The van der Waals surface area contributed by atoms with Gasteiger partial charge >= 0.3 is 5.69 Å². The van der Waals surface area contributed by atoms with Crippen LogP contribution in [0.15, 0.2) is 36.1 Å². The highest BCUT2D eigenvalue weighted by atomic mass is 35.5. The molecule has 0 unspecified atom stereocenters. The van der Waals surface area contributed by atoms with Crippen molar-refractivity contribution in [1.82, 2.24) is 15.0 Å². The van der Waals surface area contributed by atoms with E-state index >= 15 is 0 Å². The fourth-order valence-corrected chi connectivity index (χ4v) is 2.68. The first-order chi connectivity index (χ1) is 11.5. The van der Waals surface area contributed by atoms with Gasteiger partial charge in [-0.05, 0) is 24.6 Å². The summed E-state index contributed by atoms with van der Waals surface area (Å²) in [7, 11) is 0. The molecule has 0 bridgehead atoms. The Balaban J connectivity index is 2.01. The first-order valence-corrected chi connectivity index (χ1v) is 7.99. The Morgan fingerprint density at radius 1 is 1.21 bits per heavy atom. The van der Waals surface area contributed by atoms with Gasteiger partial charge in [-0.15, -0.1) is 11.3 Å². The van der Waals surface area contributed by atoms with Crippen molar-refractivity contribution in [3.63, 3.8) is 0 Å². The summed E-state index contributed by atoms with van der Waals surface area (Å²) in [6.07, 6.45) is 2.83. The first-order valence-electron chi connectivity index (χ1n) is 6.73. The van der Waals surface area contributed by atoms with E-state index in [1.54, 1.807) is 23.7 Å². The number of hydrogen-bond acceptors (Lipinski definition) is 8. The molecule has 1 aromatic carbocycles. The van der Waals surface area contributed by atoms with Gasteiger partial charge in [-0.3, -0.25) is 10.1 Å². The van der Waals surface area contributed by atoms with Crippen LogP contribution in [0.4, 0.5) is 28.1 Å². The highest BCUT2D eigenvalue weighted by molar-refractivity contribution is 7.13. The maximum Gasteiger partial charge on any atom is 0.353 e. The molecule has 2 aromatic heterocycles. The molecule has 0 saturated heterocycles. The number of thiazole rings is 1. The molecule has 0 aliphatic rings. The van der Waals surface area contributed by atoms with Crippen molar-refractivity contribution in [2.75, 3.05) is 10.6 Å². The molecule has 24 heavy (non-hydrogen) atoms. The second kappa shape index (κ2) is 6.77. The zero-order valence-electron chi connectivity index (χ0n) is 12.4. The smallest absolute Gasteiger partial charge is 0.334 e. The minimum Gasteiger partial charge on any atom is -0.334 e. The number of rotatable bonds is 5. The van der Waals surface area contributed by atoms with E-state index in [0.717, 1.165) is 5.56 Å². The average Bonchev–Trinajstić information content (AvgIpc) is 3.04. The van der Waals surface area contributed by atoms with Gasteiger partial charge in [0.25, 0.3) is 0 Å². The fraction of sp³-hybridized carbons (Fsp3) is 0.0714. The first kappa shape index (κ1) is 16.1. The van der Waals surface area contributed by atoms with Crippen molar-refractivity contribution in [3.8, 4) is 0 Å². The van der Waals surface area contributed by atoms with Crippen LogP contribution in [0, 0.1) is 17.0 Å². The SMILES string of the molecule is Cc1ccc(Cl)cc1Nc1ncnc(Nc2nccs2)c1[N+](=O)[O-]. The number of aryl methyl sites for hydroxylation is 1. The van der Waals surface area contributed by atoms with E-state index in [1.807, 2.05) is 13.0 Å². The van der Waals surface area contributed by atoms with Gasteiger partial charge in [0, 0.05) is 22.3 Å². The number of anilines is 4. The van der Waals surface area contributed by atoms with Gasteiger partial charge in [-0.25, -0.2) is 15.0 Å². The molecule has 122 valence electrons. The topological polar surface area (TPSA) is 106 Å². The lowest BCUT2D eigenvalue weighted by Gasteiger charge is -2.11. The molecule has 3 aromatic rings. The molecule has 0 fully saturated rings. The van der Waals surface area contributed by atoms with Crippen LogP contribution in [0.2, 0.25) is 5.02 Å². The molecule has 2 heterocycles. The summed E-state index contributed by atoms with van der Waals surface area (Å²) in [6.45, 7) is 1.86. The maximum absolute atomic E-state index is 11.5. The Kier molecular flexibility index (Phi) is 4.54. The lowest BCUT2D eigenvalue weighted by molar-refractivity contribution is -0.383. The van der Waals surface area contributed by atoms with Crippen molar-refractivity contribution in [2.24, 2.45) is 0 Å². The van der Waals surface area contributed by atoms with Gasteiger partial charge in [0.1, 0.15) is 6.33 Å². The zero-order valence-corrected chi connectivity index (χ0v) is 13.9. The van der Waals surface area contributed by atoms with Gasteiger partial charge in [-0.1, -0.05) is 17.7 Å². The summed E-state index contributed by atoms with van der Waals surface area (Å²) in [5.74, 6) is 0.131. The van der Waals surface area contributed by atoms with Crippen LogP contribution >= 0.6 is 22.9 Å². The molecule has 2 N–H and O–H groups in total. The minimum absolute atomic E-state index is 0.0622. The summed E-state index contributed by atoms with van der Waals surface area (Å²) in [4.78, 5) is 23.0. The molecular weight excluding hydrogens is 352 g/mol. The number of benzene rings is 1. The fourth-order valence-electron chi connectivity index (χ4n) is 1.98. The van der Waals surface area contributed by atoms with Gasteiger partial charge in [0.15, 0.2) is 5.13 Å². The predicted octanol–water partition coefficient (Wildman–Crippen LogP) is 4.29. The Hall–Kier alpha value is -2.78. The maximum atomic E-state index is 11.5. The Morgan fingerprint density at radius 2 is 1.96 bits per heavy atom. The van der Waals surface area contributed by atoms with Crippen LogP contribution < -0.4 is 10.6 Å². The molecule has 0 saturated carbocycles. The summed E-state index contributed by atoms with van der Waals surface area (Å²) < 4.78 is 0. The van der Waals surface area contributed by atoms with E-state index in [4.69, 9.17) is 11.6 Å². The van der Waals surface area contributed by atoms with Crippen molar-refractivity contribution in [1.29, 1.82) is 0 Å². The lowest BCUT2D eigenvalue weighted by Crippen LogP contribution is -2.06. The molecule has 3 rings (SSSR count). The Morgan fingerprint density at radius 3 is 2.62 bits per heavy atom. The van der Waals surface area contributed by atoms with E-state index in [1.165, 1.54) is 17.7 Å². The summed E-state index contributed by atoms with van der Waals surface area (Å²) >= 11 is 7.29. The third-order valence-corrected chi connectivity index (χ3v) is 4.04. The molecule has 0 aliphatic carbocycles. The van der Waals surface area contributed by atoms with Gasteiger partial charge < -0.3 is 10.6 Å². The molecule has 0 radical (unpaired) electrons. The monoisotopic (exact) mass is 362 g/mol. The highest BCUT2D eigenvalue weighted by Gasteiger charge is 2.24. The van der Waals surface area contributed by atoms with E-state index in [2.05, 4.69) is 25.6 Å². The minimum atomic E-state index is -0.543. The van der Waals surface area contributed by atoms with Gasteiger partial charge in [0.2, 0.25) is 11.6 Å². The summed E-state index contributed by atoms with van der Waals surface area (Å²) in [5, 5.41) is 20.1. The van der Waals surface area contributed by atoms with Crippen molar-refractivity contribution in [3.05, 3.63) is 56.8 Å². The van der Waals surface area contributed by atoms with E-state index < -0.39 is 4.92 Å². The summed E-state index contributed by atoms with van der Waals surface area (Å²) in [6, 6.07) is 5.23. The number of nitrogens with one attached hydrogen (secondary N) is 2. The Labute approximate surface area is 145 Å². The number of nitrogens with zero attached hydrogens (tertiary/aromatic N) is 4. The van der Waals surface area contributed by atoms with Crippen LogP contribution in [0.1, 0.15) is 5.56 Å². The molecule has 8 nitrogen and oxygen atoms in total. The van der Waals surface area contributed by atoms with Crippen LogP contribution in [0.3, 0.4) is 0 Å². The lowest BCUT2D eigenvalue weighted by atomic mass is 10.2. The van der Waals surface area contributed by atoms with E-state index in [0.29, 0.717) is 15.8 Å². The molecule has 0 spiro atoms. The summed E-state index contributed by atoms with van der Waals surface area (Å²) in [5.41, 5.74) is 1.23. The third-order valence-electron chi connectivity index (χ3n) is 3.12. The number of hydrogen-bond donors (Lipinski definition) is 2. The standard InChI is InChI=1S/C14H11ClN6O2S/c1-8-2-3-9(15)6-10(8)19-12-11(21(22)23)13(18-7-17-12)20-14-16-4-5-24-14/h2-7H,1H3,(H2,16,17,18,19,20). The van der Waals surface area contributed by atoms with Gasteiger partial charge in [0.05, 0.1) is 4.92 Å². The molecular formula is C14H11ClN6O2S. The van der Waals surface area contributed by atoms with E-state index in [9.17, 15) is 10.1 Å². The molecule has 10 heteroatoms. The zero-order chi connectivity index (χ0) is 17.1. The van der Waals surface area contributed by atoms with Crippen molar-refractivity contribution < 1.29 is 4.92 Å². The quantitative estimate of drug-likeness (QED) is 0.515. The number of aromatic nitrogens is 3. The van der Waals surface area contributed by atoms with Gasteiger partial charge in [-0.2, -0.15) is 0 Å². The number of halogens is 1. The second-order valence-corrected chi connectivity index (χ2v) is 6.05. The average molecular weight is 363 g/mol. The molecule has 0 atom stereocenters. The third kappa shape index (κ3) is 3.42. The number of nitro groups is 1. The van der Waals surface area contributed by atoms with Crippen molar-refractivity contribution in [2.45, 2.75) is 6.92 Å². The molecule has 0 aliphatic heterocycles. The largest absolute Gasteiger partial charge is 0.353 e. The van der Waals surface area contributed by atoms with Crippen molar-refractivity contribution >= 4 is 51.1 Å². The highest BCUT2D eigenvalue weighted by Crippen LogP contribution is 2.34. The second-order valence-electron chi connectivity index (χ2n) is 4.72. The predicted molar refractivity (Wildman–Crippen MR) is 93.6 cm³/mol. The normalized spacial score (nSPS) is 10.4. The van der Waals surface area contributed by atoms with Crippen LogP contribution in [-0.2, 0) is 0 Å². The van der Waals surface area contributed by atoms with Crippen LogP contribution in [0.5, 0.6) is 0 Å².